The maximum atomic E-state index is 12.3. The lowest BCUT2D eigenvalue weighted by Crippen LogP contribution is -2.15. The molecule has 0 radical (unpaired) electrons. The van der Waals surface area contributed by atoms with E-state index in [9.17, 15) is 4.79 Å². The van der Waals surface area contributed by atoms with Crippen molar-refractivity contribution in [2.45, 2.75) is 6.42 Å². The Bertz CT molecular complexity index is 991. The number of carbonyl (C=O) groups is 1. The van der Waals surface area contributed by atoms with Crippen molar-refractivity contribution < 1.29 is 4.79 Å². The number of aromatic amines is 1. The third kappa shape index (κ3) is 2.72. The number of hydrogen-bond acceptors (Lipinski definition) is 5. The summed E-state index contributed by atoms with van der Waals surface area (Å²) in [6, 6.07) is 9.51. The van der Waals surface area contributed by atoms with Crippen LogP contribution in [0.5, 0.6) is 0 Å². The average molecular weight is 319 g/mol. The fourth-order valence-corrected chi connectivity index (χ4v) is 2.51. The van der Waals surface area contributed by atoms with Crippen LogP contribution < -0.4 is 5.32 Å². The summed E-state index contributed by atoms with van der Waals surface area (Å²) in [4.78, 5) is 27.5. The lowest BCUT2D eigenvalue weighted by molar-refractivity contribution is -0.115. The number of nitrogens with one attached hydrogen (secondary N) is 2. The number of para-hydroxylation sites is 1. The van der Waals surface area contributed by atoms with Crippen LogP contribution in [0.1, 0.15) is 5.56 Å². The minimum Gasteiger partial charge on any atom is -0.361 e. The Morgan fingerprint density at radius 1 is 1.21 bits per heavy atom. The lowest BCUT2D eigenvalue weighted by Gasteiger charge is -2.05. The molecule has 4 aromatic rings. The first kappa shape index (κ1) is 14.1. The highest BCUT2D eigenvalue weighted by molar-refractivity contribution is 5.95. The zero-order chi connectivity index (χ0) is 16.4. The molecule has 0 aliphatic carbocycles. The highest BCUT2D eigenvalue weighted by Crippen LogP contribution is 2.18. The monoisotopic (exact) mass is 319 g/mol. The third-order valence-electron chi connectivity index (χ3n) is 3.60. The summed E-state index contributed by atoms with van der Waals surface area (Å²) in [6.07, 6.45) is 6.42. The molecule has 0 atom stereocenters. The Morgan fingerprint density at radius 3 is 3.00 bits per heavy atom. The minimum atomic E-state index is -0.150. The second-order valence-electron chi connectivity index (χ2n) is 5.19. The zero-order valence-electron chi connectivity index (χ0n) is 12.5. The molecule has 4 rings (SSSR count). The average Bonchev–Trinajstić information content (AvgIpc) is 3.26. The summed E-state index contributed by atoms with van der Waals surface area (Å²) < 4.78 is 1.50. The van der Waals surface area contributed by atoms with Gasteiger partial charge in [0.2, 0.25) is 5.91 Å². The van der Waals surface area contributed by atoms with Crippen LogP contribution in [0.15, 0.2) is 55.5 Å². The van der Waals surface area contributed by atoms with Crippen LogP contribution in [0.25, 0.3) is 16.7 Å². The van der Waals surface area contributed by atoms with Gasteiger partial charge in [0, 0.05) is 23.2 Å². The molecule has 24 heavy (non-hydrogen) atoms. The van der Waals surface area contributed by atoms with Gasteiger partial charge in [0.05, 0.1) is 6.42 Å². The molecule has 0 spiro atoms. The highest BCUT2D eigenvalue weighted by Gasteiger charge is 2.10. The summed E-state index contributed by atoms with van der Waals surface area (Å²) in [6.45, 7) is 0. The minimum absolute atomic E-state index is 0.150. The number of nitrogens with zero attached hydrogens (tertiary/aromatic N) is 5. The molecule has 0 fully saturated rings. The van der Waals surface area contributed by atoms with Crippen LogP contribution in [-0.4, -0.2) is 35.6 Å². The molecule has 2 N–H and O–H groups in total. The van der Waals surface area contributed by atoms with E-state index in [4.69, 9.17) is 0 Å². The molecular formula is C16H13N7O. The van der Waals surface area contributed by atoms with Gasteiger partial charge in [-0.1, -0.05) is 18.2 Å². The topological polar surface area (TPSA) is 101 Å². The van der Waals surface area contributed by atoms with Crippen molar-refractivity contribution in [1.82, 2.24) is 29.7 Å². The van der Waals surface area contributed by atoms with Gasteiger partial charge >= 0.3 is 0 Å². The molecule has 3 aromatic heterocycles. The number of amides is 1. The molecule has 3 heterocycles. The quantitative estimate of drug-likeness (QED) is 0.596. The molecule has 0 unspecified atom stereocenters. The maximum Gasteiger partial charge on any atom is 0.230 e. The van der Waals surface area contributed by atoms with Crippen LogP contribution in [0.4, 0.5) is 5.82 Å². The van der Waals surface area contributed by atoms with Gasteiger partial charge in [0.15, 0.2) is 5.82 Å². The van der Waals surface area contributed by atoms with Crippen LogP contribution in [0.2, 0.25) is 0 Å². The van der Waals surface area contributed by atoms with Crippen molar-refractivity contribution in [1.29, 1.82) is 0 Å². The highest BCUT2D eigenvalue weighted by atomic mass is 16.1. The van der Waals surface area contributed by atoms with Crippen LogP contribution in [-0.2, 0) is 11.2 Å². The smallest absolute Gasteiger partial charge is 0.230 e. The standard InChI is InChI=1S/C16H13N7O/c24-16(5-11-7-18-13-4-2-1-3-12(11)13)22-14-6-15(20-9-19-14)23-10-17-8-21-23/h1-4,6-10,18H,5H2,(H,19,20,22,24). The molecule has 1 aromatic carbocycles. The Labute approximate surface area is 136 Å². The molecule has 0 saturated heterocycles. The van der Waals surface area contributed by atoms with E-state index in [1.807, 2.05) is 30.5 Å². The number of fused-ring (bicyclic) bond motifs is 1. The second-order valence-corrected chi connectivity index (χ2v) is 5.19. The van der Waals surface area contributed by atoms with Gasteiger partial charge in [0.1, 0.15) is 24.8 Å². The van der Waals surface area contributed by atoms with E-state index >= 15 is 0 Å². The van der Waals surface area contributed by atoms with Crippen molar-refractivity contribution >= 4 is 22.6 Å². The van der Waals surface area contributed by atoms with Gasteiger partial charge in [-0.05, 0) is 11.6 Å². The molecule has 8 nitrogen and oxygen atoms in total. The second kappa shape index (κ2) is 5.92. The van der Waals surface area contributed by atoms with Crippen molar-refractivity contribution in [3.05, 3.63) is 61.1 Å². The summed E-state index contributed by atoms with van der Waals surface area (Å²) >= 11 is 0. The van der Waals surface area contributed by atoms with Crippen molar-refractivity contribution in [2.24, 2.45) is 0 Å². The van der Waals surface area contributed by atoms with E-state index in [1.54, 1.807) is 6.07 Å². The first-order valence-electron chi connectivity index (χ1n) is 7.31. The van der Waals surface area contributed by atoms with E-state index in [2.05, 4.69) is 30.4 Å². The Hall–Kier alpha value is -3.55. The summed E-state index contributed by atoms with van der Waals surface area (Å²) in [5, 5.41) is 7.82. The van der Waals surface area contributed by atoms with Crippen LogP contribution >= 0.6 is 0 Å². The Balaban J connectivity index is 1.51. The normalized spacial score (nSPS) is 10.8. The number of benzene rings is 1. The third-order valence-corrected chi connectivity index (χ3v) is 3.60. The number of aromatic nitrogens is 6. The number of rotatable bonds is 4. The number of carbonyl (C=O) groups excluding carboxylic acids is 1. The zero-order valence-corrected chi connectivity index (χ0v) is 12.5. The predicted molar refractivity (Wildman–Crippen MR) is 87.6 cm³/mol. The molecule has 0 aliphatic heterocycles. The van der Waals surface area contributed by atoms with Crippen LogP contribution in [0, 0.1) is 0 Å². The van der Waals surface area contributed by atoms with Crippen molar-refractivity contribution in [3.8, 4) is 5.82 Å². The number of hydrogen-bond donors (Lipinski definition) is 2. The number of anilines is 1. The van der Waals surface area contributed by atoms with E-state index in [0.29, 0.717) is 11.6 Å². The molecule has 0 saturated carbocycles. The first-order valence-corrected chi connectivity index (χ1v) is 7.31. The van der Waals surface area contributed by atoms with E-state index in [1.165, 1.54) is 23.7 Å². The number of H-pyrrole nitrogens is 1. The fourth-order valence-electron chi connectivity index (χ4n) is 2.51. The fraction of sp³-hybridized carbons (Fsp3) is 0.0625. The maximum absolute atomic E-state index is 12.3. The molecule has 0 bridgehead atoms. The lowest BCUT2D eigenvalue weighted by atomic mass is 10.1. The largest absolute Gasteiger partial charge is 0.361 e. The molecular weight excluding hydrogens is 306 g/mol. The molecule has 8 heteroatoms. The summed E-state index contributed by atoms with van der Waals surface area (Å²) in [7, 11) is 0. The van der Waals surface area contributed by atoms with Crippen LogP contribution in [0.3, 0.4) is 0 Å². The van der Waals surface area contributed by atoms with Gasteiger partial charge in [0.25, 0.3) is 0 Å². The summed E-state index contributed by atoms with van der Waals surface area (Å²) in [5.74, 6) is 0.799. The first-order chi connectivity index (χ1) is 11.8. The predicted octanol–water partition coefficient (Wildman–Crippen LogP) is 1.72. The van der Waals surface area contributed by atoms with Crippen molar-refractivity contribution in [3.63, 3.8) is 0 Å². The van der Waals surface area contributed by atoms with Gasteiger partial charge in [-0.15, -0.1) is 0 Å². The van der Waals surface area contributed by atoms with Gasteiger partial charge in [-0.2, -0.15) is 5.10 Å². The van der Waals surface area contributed by atoms with Crippen molar-refractivity contribution in [2.75, 3.05) is 5.32 Å². The SMILES string of the molecule is O=C(Cc1c[nH]c2ccccc12)Nc1cc(-n2cncn2)ncn1. The van der Waals surface area contributed by atoms with E-state index in [0.717, 1.165) is 16.5 Å². The molecule has 118 valence electrons. The van der Waals surface area contributed by atoms with Gasteiger partial charge in [-0.3, -0.25) is 4.79 Å². The van der Waals surface area contributed by atoms with Gasteiger partial charge in [-0.25, -0.2) is 19.6 Å². The van der Waals surface area contributed by atoms with E-state index in [-0.39, 0.29) is 12.3 Å². The molecule has 1 amide bonds. The Morgan fingerprint density at radius 2 is 2.12 bits per heavy atom. The molecule has 0 aliphatic rings. The summed E-state index contributed by atoms with van der Waals surface area (Å²) in [5.41, 5.74) is 1.95. The van der Waals surface area contributed by atoms with Gasteiger partial charge < -0.3 is 10.3 Å². The van der Waals surface area contributed by atoms with E-state index < -0.39 is 0 Å². The Kier molecular flexibility index (Phi) is 3.47.